The number of benzene rings is 3. The molecule has 1 aliphatic rings. The van der Waals surface area contributed by atoms with Gasteiger partial charge in [-0.2, -0.15) is 0 Å². The van der Waals surface area contributed by atoms with E-state index in [1.165, 1.54) is 5.56 Å². The van der Waals surface area contributed by atoms with Crippen LogP contribution in [-0.4, -0.2) is 47.4 Å². The molecule has 7 heteroatoms. The smallest absolute Gasteiger partial charge is 0.228 e. The monoisotopic (exact) mass is 629 g/mol. The third kappa shape index (κ3) is 7.04. The zero-order chi connectivity index (χ0) is 33.3. The Kier molecular flexibility index (Phi) is 9.09. The number of ketones is 1. The average Bonchev–Trinajstić information content (AvgIpc) is 3.39. The van der Waals surface area contributed by atoms with Crippen molar-refractivity contribution in [2.45, 2.75) is 76.3 Å². The Hall–Kier alpha value is -4.65. The first-order chi connectivity index (χ1) is 22.5. The molecule has 1 atom stereocenters. The molecule has 5 aromatic rings. The quantitative estimate of drug-likeness (QED) is 0.162. The highest BCUT2D eigenvalue weighted by molar-refractivity contribution is 6.02. The maximum Gasteiger partial charge on any atom is 0.228 e. The predicted octanol–water partition coefficient (Wildman–Crippen LogP) is 7.99. The Morgan fingerprint density at radius 1 is 0.894 bits per heavy atom. The fourth-order valence-electron chi connectivity index (χ4n) is 6.95. The number of aryl methyl sites for hydroxylation is 1. The fraction of sp³-hybridized carbons (Fsp3) is 0.375. The SMILES string of the molecule is CN(C)c1cc(N[C@H]2CC[C@@H](NC(=O)C(CC(=O)c3ccc(C(C)(C)C)cc3)c3cn(C)c4ccccc34)CC2)nc2ccccc12. The topological polar surface area (TPSA) is 79.3 Å². The van der Waals surface area contributed by atoms with E-state index in [1.54, 1.807) is 0 Å². The van der Waals surface area contributed by atoms with Crippen LogP contribution in [0.5, 0.6) is 0 Å². The summed E-state index contributed by atoms with van der Waals surface area (Å²) in [6.45, 7) is 6.49. The lowest BCUT2D eigenvalue weighted by atomic mass is 9.85. The first-order valence-corrected chi connectivity index (χ1v) is 16.8. The molecule has 2 aromatic heterocycles. The van der Waals surface area contributed by atoms with Crippen molar-refractivity contribution in [3.63, 3.8) is 0 Å². The van der Waals surface area contributed by atoms with E-state index in [2.05, 4.69) is 74.7 Å². The Labute approximate surface area is 278 Å². The van der Waals surface area contributed by atoms with E-state index in [-0.39, 0.29) is 35.6 Å². The fourth-order valence-corrected chi connectivity index (χ4v) is 6.95. The second kappa shape index (κ2) is 13.2. The van der Waals surface area contributed by atoms with E-state index in [4.69, 9.17) is 4.98 Å². The van der Waals surface area contributed by atoms with Crippen molar-refractivity contribution in [2.24, 2.45) is 7.05 Å². The summed E-state index contributed by atoms with van der Waals surface area (Å²) in [4.78, 5) is 34.8. The molecule has 1 unspecified atom stereocenters. The van der Waals surface area contributed by atoms with Gasteiger partial charge in [-0.1, -0.05) is 81.4 Å². The van der Waals surface area contributed by atoms with Crippen LogP contribution in [0.15, 0.2) is 85.1 Å². The van der Waals surface area contributed by atoms with Crippen LogP contribution in [0.1, 0.15) is 80.3 Å². The number of amides is 1. The van der Waals surface area contributed by atoms with Crippen molar-refractivity contribution < 1.29 is 9.59 Å². The Morgan fingerprint density at radius 2 is 1.53 bits per heavy atom. The third-order valence-electron chi connectivity index (χ3n) is 9.68. The highest BCUT2D eigenvalue weighted by Gasteiger charge is 2.31. The lowest BCUT2D eigenvalue weighted by Gasteiger charge is -2.31. The molecule has 1 amide bonds. The molecule has 244 valence electrons. The van der Waals surface area contributed by atoms with Gasteiger partial charge in [0.2, 0.25) is 5.91 Å². The van der Waals surface area contributed by atoms with Crippen LogP contribution in [0.25, 0.3) is 21.8 Å². The number of Topliss-reactive ketones (excluding diaryl/α,β-unsaturated/α-hetero) is 1. The molecule has 0 spiro atoms. The summed E-state index contributed by atoms with van der Waals surface area (Å²) < 4.78 is 2.05. The molecule has 1 saturated carbocycles. The molecule has 0 bridgehead atoms. The second-order valence-corrected chi connectivity index (χ2v) is 14.4. The summed E-state index contributed by atoms with van der Waals surface area (Å²) >= 11 is 0. The highest BCUT2D eigenvalue weighted by atomic mass is 16.2. The highest BCUT2D eigenvalue weighted by Crippen LogP contribution is 2.33. The summed E-state index contributed by atoms with van der Waals surface area (Å²) in [7, 11) is 6.11. The summed E-state index contributed by atoms with van der Waals surface area (Å²) in [5, 5.41) is 9.18. The molecule has 2 N–H and O–H groups in total. The van der Waals surface area contributed by atoms with Gasteiger partial charge in [0.1, 0.15) is 5.82 Å². The number of para-hydroxylation sites is 2. The van der Waals surface area contributed by atoms with E-state index in [1.807, 2.05) is 72.4 Å². The van der Waals surface area contributed by atoms with Crippen LogP contribution in [0, 0.1) is 0 Å². The van der Waals surface area contributed by atoms with Crippen LogP contribution >= 0.6 is 0 Å². The Morgan fingerprint density at radius 3 is 2.21 bits per heavy atom. The van der Waals surface area contributed by atoms with Gasteiger partial charge in [0.05, 0.1) is 11.4 Å². The largest absolute Gasteiger partial charge is 0.377 e. The molecule has 2 heterocycles. The first kappa shape index (κ1) is 32.3. The van der Waals surface area contributed by atoms with Crippen molar-refractivity contribution in [3.05, 3.63) is 102 Å². The number of anilines is 2. The van der Waals surface area contributed by atoms with Gasteiger partial charge in [-0.3, -0.25) is 9.59 Å². The van der Waals surface area contributed by atoms with Crippen LogP contribution in [-0.2, 0) is 17.3 Å². The van der Waals surface area contributed by atoms with Crippen molar-refractivity contribution in [2.75, 3.05) is 24.3 Å². The summed E-state index contributed by atoms with van der Waals surface area (Å²) in [5.41, 5.74) is 5.88. The second-order valence-electron chi connectivity index (χ2n) is 14.4. The third-order valence-corrected chi connectivity index (χ3v) is 9.68. The number of aromatic nitrogens is 2. The van der Waals surface area contributed by atoms with Gasteiger partial charge >= 0.3 is 0 Å². The molecular formula is C40H47N5O2. The van der Waals surface area contributed by atoms with E-state index in [0.29, 0.717) is 5.56 Å². The van der Waals surface area contributed by atoms with Gasteiger partial charge < -0.3 is 20.1 Å². The number of nitrogens with one attached hydrogen (secondary N) is 2. The number of hydrogen-bond donors (Lipinski definition) is 2. The molecule has 47 heavy (non-hydrogen) atoms. The maximum absolute atomic E-state index is 14.1. The summed E-state index contributed by atoms with van der Waals surface area (Å²) in [5.74, 6) is 0.193. The molecule has 0 saturated heterocycles. The van der Waals surface area contributed by atoms with Gasteiger partial charge in [0.25, 0.3) is 0 Å². The Balaban J connectivity index is 1.16. The minimum absolute atomic E-state index is 0.00261. The van der Waals surface area contributed by atoms with Crippen LogP contribution in [0.4, 0.5) is 11.5 Å². The number of pyridine rings is 1. The van der Waals surface area contributed by atoms with Crippen LogP contribution in [0.3, 0.4) is 0 Å². The van der Waals surface area contributed by atoms with E-state index >= 15 is 0 Å². The number of rotatable bonds is 9. The first-order valence-electron chi connectivity index (χ1n) is 16.8. The van der Waals surface area contributed by atoms with Gasteiger partial charge in [0.15, 0.2) is 5.78 Å². The minimum atomic E-state index is -0.585. The number of hydrogen-bond acceptors (Lipinski definition) is 5. The minimum Gasteiger partial charge on any atom is -0.377 e. The predicted molar refractivity (Wildman–Crippen MR) is 194 cm³/mol. The van der Waals surface area contributed by atoms with Gasteiger partial charge in [-0.25, -0.2) is 4.98 Å². The van der Waals surface area contributed by atoms with Gasteiger partial charge in [0, 0.05) is 79.5 Å². The zero-order valence-corrected chi connectivity index (χ0v) is 28.5. The molecule has 0 aliphatic heterocycles. The molecule has 0 radical (unpaired) electrons. The number of fused-ring (bicyclic) bond motifs is 2. The van der Waals surface area contributed by atoms with Crippen LogP contribution < -0.4 is 15.5 Å². The molecule has 1 fully saturated rings. The molecular weight excluding hydrogens is 582 g/mol. The lowest BCUT2D eigenvalue weighted by Crippen LogP contribution is -2.42. The lowest BCUT2D eigenvalue weighted by molar-refractivity contribution is -0.123. The van der Waals surface area contributed by atoms with Gasteiger partial charge in [-0.15, -0.1) is 0 Å². The molecule has 1 aliphatic carbocycles. The molecule has 3 aromatic carbocycles. The summed E-state index contributed by atoms with van der Waals surface area (Å²) in [6, 6.07) is 26.7. The van der Waals surface area contributed by atoms with E-state index < -0.39 is 5.92 Å². The molecule has 7 nitrogen and oxygen atoms in total. The zero-order valence-electron chi connectivity index (χ0n) is 28.5. The number of carbonyl (C=O) groups is 2. The van der Waals surface area contributed by atoms with E-state index in [0.717, 1.165) is 64.6 Å². The number of nitrogens with zero attached hydrogens (tertiary/aromatic N) is 3. The van der Waals surface area contributed by atoms with Crippen LogP contribution in [0.2, 0.25) is 0 Å². The van der Waals surface area contributed by atoms with Crippen molar-refractivity contribution in [3.8, 4) is 0 Å². The van der Waals surface area contributed by atoms with Crippen molar-refractivity contribution in [1.82, 2.24) is 14.9 Å². The average molecular weight is 630 g/mol. The van der Waals surface area contributed by atoms with Crippen molar-refractivity contribution in [1.29, 1.82) is 0 Å². The maximum atomic E-state index is 14.1. The standard InChI is InChI=1S/C40H47N5O2/c1-40(2,3)27-17-15-26(16-18-27)37(46)23-32(33-25-45(6)35-14-10-8-11-30(33)35)39(47)42-29-21-19-28(20-22-29)41-38-24-36(44(4)5)31-12-7-9-13-34(31)43-38/h7-18,24-25,28-29,32H,19-23H2,1-6H3,(H,41,43)(H,42,47)/t28-,29+,32?. The Bertz CT molecular complexity index is 1890. The summed E-state index contributed by atoms with van der Waals surface area (Å²) in [6.07, 6.45) is 5.71. The normalized spacial score (nSPS) is 17.4. The van der Waals surface area contributed by atoms with Gasteiger partial charge in [-0.05, 0) is 54.4 Å². The van der Waals surface area contributed by atoms with Crippen molar-refractivity contribution >= 4 is 45.0 Å². The molecule has 6 rings (SSSR count). The van der Waals surface area contributed by atoms with E-state index in [9.17, 15) is 9.59 Å². The number of carbonyl (C=O) groups excluding carboxylic acids is 2.